The van der Waals surface area contributed by atoms with Gasteiger partial charge in [0, 0.05) is 23.6 Å². The Bertz CT molecular complexity index is 168. The zero-order chi connectivity index (χ0) is 9.40. The fourth-order valence-corrected chi connectivity index (χ4v) is 1.30. The molecule has 0 spiro atoms. The van der Waals surface area contributed by atoms with Crippen molar-refractivity contribution in [3.05, 3.63) is 11.6 Å². The van der Waals surface area contributed by atoms with Crippen LogP contribution >= 0.6 is 11.8 Å². The number of hydrogen-bond donors (Lipinski definition) is 1. The Morgan fingerprint density at radius 3 is 2.83 bits per heavy atom. The fourth-order valence-electron chi connectivity index (χ4n) is 0.595. The number of carbonyl (C=O) groups excluding carboxylic acids is 1. The summed E-state index contributed by atoms with van der Waals surface area (Å²) in [5.41, 5.74) is 5.95. The van der Waals surface area contributed by atoms with E-state index in [1.807, 2.05) is 6.08 Å². The molecule has 70 valence electrons. The first-order valence-corrected chi connectivity index (χ1v) is 4.90. The zero-order valence-corrected chi connectivity index (χ0v) is 8.32. The molecule has 12 heavy (non-hydrogen) atoms. The molecule has 0 saturated heterocycles. The number of hydrogen-bond acceptors (Lipinski definition) is 4. The van der Waals surface area contributed by atoms with Crippen LogP contribution in [0.2, 0.25) is 0 Å². The van der Waals surface area contributed by atoms with Crippen LogP contribution in [-0.2, 0) is 9.53 Å². The van der Waals surface area contributed by atoms with E-state index < -0.39 is 0 Å². The molecule has 0 aromatic carbocycles. The molecule has 0 aliphatic heterocycles. The molecule has 0 bridgehead atoms. The molecule has 0 rings (SSSR count). The van der Waals surface area contributed by atoms with Crippen molar-refractivity contribution >= 4 is 17.7 Å². The first-order valence-electron chi connectivity index (χ1n) is 3.75. The highest BCUT2D eigenvalue weighted by molar-refractivity contribution is 7.99. The summed E-state index contributed by atoms with van der Waals surface area (Å²) in [6.07, 6.45) is 1.85. The average Bonchev–Trinajstić information content (AvgIpc) is 2.10. The van der Waals surface area contributed by atoms with Crippen molar-refractivity contribution in [1.82, 2.24) is 0 Å². The predicted molar refractivity (Wildman–Crippen MR) is 52.2 cm³/mol. The quantitative estimate of drug-likeness (QED) is 0.395. The molecule has 0 unspecified atom stereocenters. The number of rotatable bonds is 5. The lowest BCUT2D eigenvalue weighted by Crippen LogP contribution is -2.03. The highest BCUT2D eigenvalue weighted by atomic mass is 32.2. The van der Waals surface area contributed by atoms with E-state index in [1.165, 1.54) is 7.11 Å². The van der Waals surface area contributed by atoms with E-state index in [4.69, 9.17) is 5.73 Å². The van der Waals surface area contributed by atoms with Crippen LogP contribution in [0, 0.1) is 0 Å². The molecule has 0 atom stereocenters. The number of methoxy groups -OCH3 is 1. The van der Waals surface area contributed by atoms with Gasteiger partial charge in [-0.2, -0.15) is 11.8 Å². The molecule has 0 aromatic heterocycles. The third-order valence-corrected chi connectivity index (χ3v) is 2.20. The number of ether oxygens (including phenoxy) is 1. The second-order valence-corrected chi connectivity index (χ2v) is 3.39. The molecule has 3 nitrogen and oxygen atoms in total. The standard InChI is InChI=1S/C8H15NO2S/c1-7(8(10)11-2)3-5-12-6-4-9/h3H,4-6,9H2,1-2H3. The number of carbonyl (C=O) groups is 1. The maximum absolute atomic E-state index is 10.9. The van der Waals surface area contributed by atoms with Gasteiger partial charge in [-0.05, 0) is 6.92 Å². The highest BCUT2D eigenvalue weighted by Crippen LogP contribution is 2.02. The average molecular weight is 189 g/mol. The summed E-state index contributed by atoms with van der Waals surface area (Å²) < 4.78 is 4.53. The third-order valence-electron chi connectivity index (χ3n) is 1.28. The van der Waals surface area contributed by atoms with Crippen molar-refractivity contribution in [2.75, 3.05) is 25.2 Å². The number of thioether (sulfide) groups is 1. The van der Waals surface area contributed by atoms with Crippen molar-refractivity contribution in [1.29, 1.82) is 0 Å². The monoisotopic (exact) mass is 189 g/mol. The van der Waals surface area contributed by atoms with Crippen LogP contribution in [0.5, 0.6) is 0 Å². The third kappa shape index (κ3) is 5.21. The lowest BCUT2D eigenvalue weighted by atomic mass is 10.3. The minimum atomic E-state index is -0.261. The van der Waals surface area contributed by atoms with Crippen LogP contribution in [0.3, 0.4) is 0 Å². The second kappa shape index (κ2) is 7.18. The Hall–Kier alpha value is -0.480. The summed E-state index contributed by atoms with van der Waals surface area (Å²) in [4.78, 5) is 10.9. The molecule has 4 heteroatoms. The molecule has 0 heterocycles. The maximum Gasteiger partial charge on any atom is 0.333 e. The Balaban J connectivity index is 3.61. The van der Waals surface area contributed by atoms with Crippen molar-refractivity contribution in [3.63, 3.8) is 0 Å². The SMILES string of the molecule is COC(=O)C(C)=CCSCCN. The van der Waals surface area contributed by atoms with E-state index in [2.05, 4.69) is 4.74 Å². The molecule has 0 aliphatic rings. The van der Waals surface area contributed by atoms with Gasteiger partial charge in [0.15, 0.2) is 0 Å². The zero-order valence-electron chi connectivity index (χ0n) is 7.50. The predicted octanol–water partition coefficient (Wildman–Crippen LogP) is 0.798. The Labute approximate surface area is 77.3 Å². The smallest absolute Gasteiger partial charge is 0.333 e. The molecule has 0 amide bonds. The maximum atomic E-state index is 10.9. The molecule has 0 aliphatic carbocycles. The summed E-state index contributed by atoms with van der Waals surface area (Å²) in [5, 5.41) is 0. The number of nitrogens with two attached hydrogens (primary N) is 1. The van der Waals surface area contributed by atoms with Crippen LogP contribution in [0.4, 0.5) is 0 Å². The normalized spacial score (nSPS) is 11.4. The second-order valence-electron chi connectivity index (χ2n) is 2.24. The minimum Gasteiger partial charge on any atom is -0.466 e. The lowest BCUT2D eigenvalue weighted by molar-refractivity contribution is -0.136. The van der Waals surface area contributed by atoms with Gasteiger partial charge < -0.3 is 10.5 Å². The molecular formula is C8H15NO2S. The van der Waals surface area contributed by atoms with E-state index in [0.717, 1.165) is 11.5 Å². The molecule has 0 fully saturated rings. The van der Waals surface area contributed by atoms with E-state index >= 15 is 0 Å². The summed E-state index contributed by atoms with van der Waals surface area (Å²) in [6, 6.07) is 0. The van der Waals surface area contributed by atoms with E-state index in [0.29, 0.717) is 12.1 Å². The summed E-state index contributed by atoms with van der Waals surface area (Å²) in [6.45, 7) is 2.42. The molecule has 0 saturated carbocycles. The largest absolute Gasteiger partial charge is 0.466 e. The molecular weight excluding hydrogens is 174 g/mol. The fraction of sp³-hybridized carbons (Fsp3) is 0.625. The van der Waals surface area contributed by atoms with Gasteiger partial charge in [-0.3, -0.25) is 0 Å². The van der Waals surface area contributed by atoms with Gasteiger partial charge >= 0.3 is 5.97 Å². The van der Waals surface area contributed by atoms with Crippen LogP contribution in [0.1, 0.15) is 6.92 Å². The Morgan fingerprint density at radius 2 is 2.33 bits per heavy atom. The van der Waals surface area contributed by atoms with Crippen molar-refractivity contribution < 1.29 is 9.53 Å². The Kier molecular flexibility index (Phi) is 6.90. The molecule has 0 aromatic rings. The van der Waals surface area contributed by atoms with E-state index in [1.54, 1.807) is 18.7 Å². The first kappa shape index (κ1) is 11.5. The van der Waals surface area contributed by atoms with Crippen LogP contribution in [0.25, 0.3) is 0 Å². The van der Waals surface area contributed by atoms with Crippen LogP contribution in [-0.4, -0.2) is 31.1 Å². The topological polar surface area (TPSA) is 52.3 Å². The molecule has 2 N–H and O–H groups in total. The van der Waals surface area contributed by atoms with E-state index in [9.17, 15) is 4.79 Å². The van der Waals surface area contributed by atoms with Crippen LogP contribution < -0.4 is 5.73 Å². The summed E-state index contributed by atoms with van der Waals surface area (Å²) >= 11 is 1.70. The summed E-state index contributed by atoms with van der Waals surface area (Å²) in [7, 11) is 1.38. The minimum absolute atomic E-state index is 0.261. The van der Waals surface area contributed by atoms with E-state index in [-0.39, 0.29) is 5.97 Å². The van der Waals surface area contributed by atoms with Gasteiger partial charge in [-0.1, -0.05) is 6.08 Å². The Morgan fingerprint density at radius 1 is 1.67 bits per heavy atom. The van der Waals surface area contributed by atoms with Gasteiger partial charge in [-0.25, -0.2) is 4.79 Å². The molecule has 0 radical (unpaired) electrons. The van der Waals surface area contributed by atoms with Gasteiger partial charge in [-0.15, -0.1) is 0 Å². The van der Waals surface area contributed by atoms with Crippen molar-refractivity contribution in [2.45, 2.75) is 6.92 Å². The lowest BCUT2D eigenvalue weighted by Gasteiger charge is -1.98. The van der Waals surface area contributed by atoms with Gasteiger partial charge in [0.1, 0.15) is 0 Å². The van der Waals surface area contributed by atoms with Crippen LogP contribution in [0.15, 0.2) is 11.6 Å². The highest BCUT2D eigenvalue weighted by Gasteiger charge is 2.00. The van der Waals surface area contributed by atoms with Crippen molar-refractivity contribution in [2.24, 2.45) is 5.73 Å². The van der Waals surface area contributed by atoms with Gasteiger partial charge in [0.25, 0.3) is 0 Å². The number of esters is 1. The van der Waals surface area contributed by atoms with Gasteiger partial charge in [0.05, 0.1) is 7.11 Å². The van der Waals surface area contributed by atoms with Crippen molar-refractivity contribution in [3.8, 4) is 0 Å². The van der Waals surface area contributed by atoms with Gasteiger partial charge in [0.2, 0.25) is 0 Å². The first-order chi connectivity index (χ1) is 5.72. The summed E-state index contributed by atoms with van der Waals surface area (Å²) in [5.74, 6) is 1.48.